The Morgan fingerprint density at radius 1 is 1.43 bits per heavy atom. The van der Waals surface area contributed by atoms with Gasteiger partial charge >= 0.3 is 0 Å². The maximum Gasteiger partial charge on any atom is 0.262 e. The van der Waals surface area contributed by atoms with E-state index in [1.165, 1.54) is 11.3 Å². The molecule has 3 N–H and O–H groups in total. The van der Waals surface area contributed by atoms with Crippen LogP contribution >= 0.6 is 33.5 Å². The van der Waals surface area contributed by atoms with Gasteiger partial charge in [0.1, 0.15) is 9.71 Å². The van der Waals surface area contributed by atoms with Gasteiger partial charge < -0.3 is 5.32 Å². The SMILES string of the molecule is Cc1nc2sc(C(=O)NC3CCS(O)(O)C3)c(-c3cnn(C)c3)c2c(C)c1Cl. The number of carbonyl (C=O) groups is 1. The molecule has 1 saturated heterocycles. The smallest absolute Gasteiger partial charge is 0.262 e. The minimum absolute atomic E-state index is 0.202. The van der Waals surface area contributed by atoms with E-state index < -0.39 is 10.6 Å². The number of rotatable bonds is 3. The lowest BCUT2D eigenvalue weighted by atomic mass is 10.0. The summed E-state index contributed by atoms with van der Waals surface area (Å²) in [5.41, 5.74) is 3.19. The number of aromatic nitrogens is 3. The van der Waals surface area contributed by atoms with Crippen LogP contribution in [0.4, 0.5) is 0 Å². The highest BCUT2D eigenvalue weighted by Gasteiger charge is 2.31. The van der Waals surface area contributed by atoms with Crippen molar-refractivity contribution in [2.24, 2.45) is 7.05 Å². The molecule has 10 heteroatoms. The Kier molecular flexibility index (Phi) is 4.91. The van der Waals surface area contributed by atoms with Crippen LogP contribution in [0, 0.1) is 13.8 Å². The molecule has 1 aliphatic rings. The Morgan fingerprint density at radius 2 is 2.18 bits per heavy atom. The average molecular weight is 441 g/mol. The molecule has 150 valence electrons. The van der Waals surface area contributed by atoms with Gasteiger partial charge in [-0.1, -0.05) is 11.6 Å². The van der Waals surface area contributed by atoms with Crippen LogP contribution in [-0.2, 0) is 7.05 Å². The first-order chi connectivity index (χ1) is 13.2. The van der Waals surface area contributed by atoms with Gasteiger partial charge in [-0.25, -0.2) is 4.98 Å². The summed E-state index contributed by atoms with van der Waals surface area (Å²) in [5.74, 6) is 0.292. The molecule has 3 aromatic heterocycles. The molecule has 28 heavy (non-hydrogen) atoms. The van der Waals surface area contributed by atoms with E-state index in [1.54, 1.807) is 10.9 Å². The lowest BCUT2D eigenvalue weighted by Crippen LogP contribution is -2.35. The summed E-state index contributed by atoms with van der Waals surface area (Å²) in [6, 6.07) is -0.246. The van der Waals surface area contributed by atoms with Crippen LogP contribution in [0.1, 0.15) is 27.3 Å². The topological polar surface area (TPSA) is 100 Å². The summed E-state index contributed by atoms with van der Waals surface area (Å²) in [4.78, 5) is 19.0. The van der Waals surface area contributed by atoms with Gasteiger partial charge in [0.05, 0.1) is 22.7 Å². The van der Waals surface area contributed by atoms with Crippen molar-refractivity contribution in [2.45, 2.75) is 26.3 Å². The van der Waals surface area contributed by atoms with Crippen LogP contribution in [0.25, 0.3) is 21.3 Å². The van der Waals surface area contributed by atoms with Crippen molar-refractivity contribution in [2.75, 3.05) is 11.5 Å². The second kappa shape index (κ2) is 7.00. The number of fused-ring (bicyclic) bond motifs is 1. The molecule has 4 heterocycles. The van der Waals surface area contributed by atoms with Crippen LogP contribution in [0.3, 0.4) is 0 Å². The van der Waals surface area contributed by atoms with Crippen molar-refractivity contribution in [1.82, 2.24) is 20.1 Å². The second-order valence-electron chi connectivity index (χ2n) is 7.16. The van der Waals surface area contributed by atoms with E-state index in [1.807, 2.05) is 27.1 Å². The van der Waals surface area contributed by atoms with Gasteiger partial charge in [-0.15, -0.1) is 11.3 Å². The summed E-state index contributed by atoms with van der Waals surface area (Å²) >= 11 is 7.77. The fourth-order valence-electron chi connectivity index (χ4n) is 3.60. The Balaban J connectivity index is 1.83. The highest BCUT2D eigenvalue weighted by Crippen LogP contribution is 2.46. The quantitative estimate of drug-likeness (QED) is 0.566. The first kappa shape index (κ1) is 19.7. The molecule has 0 bridgehead atoms. The number of nitrogens with one attached hydrogen (secondary N) is 1. The maximum absolute atomic E-state index is 13.1. The van der Waals surface area contributed by atoms with Crippen LogP contribution < -0.4 is 5.32 Å². The van der Waals surface area contributed by atoms with E-state index in [2.05, 4.69) is 15.4 Å². The van der Waals surface area contributed by atoms with Gasteiger partial charge in [0.2, 0.25) is 0 Å². The van der Waals surface area contributed by atoms with Crippen molar-refractivity contribution in [1.29, 1.82) is 0 Å². The first-order valence-corrected chi connectivity index (χ1v) is 11.9. The fraction of sp³-hybridized carbons (Fsp3) is 0.389. The number of aryl methyl sites for hydroxylation is 3. The molecule has 7 nitrogen and oxygen atoms in total. The molecule has 4 rings (SSSR count). The van der Waals surface area contributed by atoms with Crippen LogP contribution in [0.15, 0.2) is 12.4 Å². The highest BCUT2D eigenvalue weighted by molar-refractivity contribution is 8.24. The van der Waals surface area contributed by atoms with E-state index in [0.29, 0.717) is 22.1 Å². The average Bonchev–Trinajstić information content (AvgIpc) is 3.29. The number of pyridine rings is 1. The third kappa shape index (κ3) is 3.42. The first-order valence-electron chi connectivity index (χ1n) is 8.79. The monoisotopic (exact) mass is 440 g/mol. The van der Waals surface area contributed by atoms with Crippen molar-refractivity contribution in [3.63, 3.8) is 0 Å². The van der Waals surface area contributed by atoms with Gasteiger partial charge in [-0.05, 0) is 25.8 Å². The van der Waals surface area contributed by atoms with Crippen LogP contribution in [0.2, 0.25) is 5.02 Å². The van der Waals surface area contributed by atoms with E-state index in [4.69, 9.17) is 11.6 Å². The van der Waals surface area contributed by atoms with Gasteiger partial charge in [-0.2, -0.15) is 15.7 Å². The molecule has 0 spiro atoms. The lowest BCUT2D eigenvalue weighted by molar-refractivity contribution is 0.0946. The van der Waals surface area contributed by atoms with Crippen molar-refractivity contribution in [3.05, 3.63) is 33.6 Å². The Bertz CT molecular complexity index is 1090. The minimum atomic E-state index is -2.58. The van der Waals surface area contributed by atoms with Gasteiger partial charge in [0, 0.05) is 41.6 Å². The molecule has 0 saturated carbocycles. The number of halogens is 1. The van der Waals surface area contributed by atoms with Crippen LogP contribution in [-0.4, -0.2) is 47.3 Å². The fourth-order valence-corrected chi connectivity index (χ4v) is 6.67. The number of hydrogen-bond acceptors (Lipinski definition) is 6. The number of nitrogens with zero attached hydrogens (tertiary/aromatic N) is 3. The molecule has 1 unspecified atom stereocenters. The molecule has 1 fully saturated rings. The van der Waals surface area contributed by atoms with Crippen molar-refractivity contribution in [3.8, 4) is 11.1 Å². The summed E-state index contributed by atoms with van der Waals surface area (Å²) in [6.07, 6.45) is 4.14. The highest BCUT2D eigenvalue weighted by atomic mass is 35.5. The molecule has 0 radical (unpaired) electrons. The molecule has 0 aromatic carbocycles. The normalized spacial score (nSPS) is 19.9. The molecule has 1 amide bonds. The summed E-state index contributed by atoms with van der Waals surface area (Å²) in [6.45, 7) is 3.78. The van der Waals surface area contributed by atoms with Crippen LogP contribution in [0.5, 0.6) is 0 Å². The molecular weight excluding hydrogens is 420 g/mol. The number of thiophene rings is 1. The van der Waals surface area contributed by atoms with Gasteiger partial charge in [0.25, 0.3) is 5.91 Å². The zero-order chi connectivity index (χ0) is 20.2. The number of hydrogen-bond donors (Lipinski definition) is 3. The number of amides is 1. The van der Waals surface area contributed by atoms with E-state index >= 15 is 0 Å². The van der Waals surface area contributed by atoms with E-state index in [0.717, 1.165) is 32.6 Å². The maximum atomic E-state index is 13.1. The third-order valence-corrected chi connectivity index (χ3v) is 8.44. The molecular formula is C18H21ClN4O3S2. The van der Waals surface area contributed by atoms with E-state index in [9.17, 15) is 13.9 Å². The Labute approximate surface area is 173 Å². The second-order valence-corrected chi connectivity index (χ2v) is 10.9. The largest absolute Gasteiger partial charge is 0.347 e. The number of carbonyl (C=O) groups excluding carboxylic acids is 1. The third-order valence-electron chi connectivity index (χ3n) is 4.98. The molecule has 1 atom stereocenters. The summed E-state index contributed by atoms with van der Waals surface area (Å²) in [7, 11) is -0.756. The predicted molar refractivity (Wildman–Crippen MR) is 115 cm³/mol. The summed E-state index contributed by atoms with van der Waals surface area (Å²) in [5, 5.41) is 8.65. The summed E-state index contributed by atoms with van der Waals surface area (Å²) < 4.78 is 21.4. The molecule has 0 aliphatic carbocycles. The van der Waals surface area contributed by atoms with Crippen molar-refractivity contribution < 1.29 is 13.9 Å². The Hall–Kier alpha value is -1.65. The Morgan fingerprint density at radius 3 is 2.79 bits per heavy atom. The standard InChI is InChI=1S/C18H21ClN4O3S2/c1-9-13-14(11-6-20-23(3)7-11)16(27-18(13)21-10(2)15(9)19)17(24)22-12-4-5-28(25,26)8-12/h6-7,12,25-26H,4-5,8H2,1-3H3,(H,22,24). The van der Waals surface area contributed by atoms with Crippen molar-refractivity contribution >= 4 is 49.7 Å². The predicted octanol–water partition coefficient (Wildman–Crippen LogP) is 4.22. The minimum Gasteiger partial charge on any atom is -0.347 e. The molecule has 3 aromatic rings. The lowest BCUT2D eigenvalue weighted by Gasteiger charge is -2.26. The van der Waals surface area contributed by atoms with Gasteiger partial charge in [0.15, 0.2) is 0 Å². The van der Waals surface area contributed by atoms with Gasteiger partial charge in [-0.3, -0.25) is 18.6 Å². The van der Waals surface area contributed by atoms with E-state index in [-0.39, 0.29) is 17.7 Å². The molecule has 1 aliphatic heterocycles. The zero-order valence-electron chi connectivity index (χ0n) is 15.7. The zero-order valence-corrected chi connectivity index (χ0v) is 18.1.